The molecule has 3 aromatic rings. The van der Waals surface area contributed by atoms with Crippen molar-refractivity contribution in [1.82, 2.24) is 15.1 Å². The Balaban J connectivity index is 1.51. The molecule has 3 heterocycles. The van der Waals surface area contributed by atoms with Crippen LogP contribution in [0.25, 0.3) is 11.5 Å². The number of furan rings is 1. The quantitative estimate of drug-likeness (QED) is 0.540. The van der Waals surface area contributed by atoms with Crippen LogP contribution in [-0.4, -0.2) is 33.2 Å². The molecule has 0 spiro atoms. The van der Waals surface area contributed by atoms with Crippen molar-refractivity contribution in [3.8, 4) is 11.5 Å². The predicted molar refractivity (Wildman–Crippen MR) is 135 cm³/mol. The van der Waals surface area contributed by atoms with E-state index >= 15 is 0 Å². The summed E-state index contributed by atoms with van der Waals surface area (Å²) in [5.74, 6) is 0.233. The van der Waals surface area contributed by atoms with Gasteiger partial charge in [-0.05, 0) is 56.0 Å². The summed E-state index contributed by atoms with van der Waals surface area (Å²) in [6, 6.07) is 13.4. The van der Waals surface area contributed by atoms with E-state index in [0.717, 1.165) is 37.8 Å². The molecular weight excluding hydrogens is 440 g/mol. The lowest BCUT2D eigenvalue weighted by Crippen LogP contribution is -2.65. The second-order valence-electron chi connectivity index (χ2n) is 10.00. The van der Waals surface area contributed by atoms with Crippen LogP contribution in [0.4, 0.5) is 5.69 Å². The molecule has 1 saturated carbocycles. The van der Waals surface area contributed by atoms with Gasteiger partial charge in [0.05, 0.1) is 12.8 Å². The summed E-state index contributed by atoms with van der Waals surface area (Å²) in [4.78, 5) is 29.5. The average Bonchev–Trinajstić information content (AvgIpc) is 3.51. The molecule has 1 aliphatic heterocycles. The number of amides is 2. The highest BCUT2D eigenvalue weighted by atomic mass is 16.3. The van der Waals surface area contributed by atoms with E-state index in [2.05, 4.69) is 17.3 Å². The third kappa shape index (κ3) is 4.51. The summed E-state index contributed by atoms with van der Waals surface area (Å²) in [6.45, 7) is 4.22. The molecule has 0 saturated heterocycles. The first-order chi connectivity index (χ1) is 17.0. The first kappa shape index (κ1) is 23.4. The van der Waals surface area contributed by atoms with Gasteiger partial charge in [0, 0.05) is 17.8 Å². The van der Waals surface area contributed by atoms with E-state index in [4.69, 9.17) is 4.42 Å². The van der Waals surface area contributed by atoms with Crippen LogP contribution in [0.15, 0.2) is 53.1 Å². The van der Waals surface area contributed by atoms with Crippen molar-refractivity contribution in [3.63, 3.8) is 0 Å². The minimum Gasteiger partial charge on any atom is -0.463 e. The van der Waals surface area contributed by atoms with Crippen LogP contribution in [0, 0.1) is 0 Å². The van der Waals surface area contributed by atoms with Crippen molar-refractivity contribution in [3.05, 3.63) is 60.0 Å². The second kappa shape index (κ2) is 9.72. The van der Waals surface area contributed by atoms with Crippen molar-refractivity contribution >= 4 is 17.5 Å². The van der Waals surface area contributed by atoms with Gasteiger partial charge in [-0.2, -0.15) is 5.10 Å². The SMILES string of the molecule is CCc1ccc(N2C(=O)c3cc(-c4ccco4)nn3C[C@]2(C)C(=O)NC2CCCCCCC2)cc1. The van der Waals surface area contributed by atoms with E-state index in [1.165, 1.54) is 24.8 Å². The van der Waals surface area contributed by atoms with Crippen molar-refractivity contribution in [2.45, 2.75) is 83.3 Å². The number of nitrogens with zero attached hydrogens (tertiary/aromatic N) is 3. The third-order valence-electron chi connectivity index (χ3n) is 7.46. The van der Waals surface area contributed by atoms with Gasteiger partial charge >= 0.3 is 0 Å². The predicted octanol–water partition coefficient (Wildman–Crippen LogP) is 5.35. The third-order valence-corrected chi connectivity index (χ3v) is 7.46. The Morgan fingerprint density at radius 1 is 1.11 bits per heavy atom. The number of aromatic nitrogens is 2. The topological polar surface area (TPSA) is 80.4 Å². The largest absolute Gasteiger partial charge is 0.463 e. The Morgan fingerprint density at radius 2 is 1.83 bits per heavy atom. The number of hydrogen-bond acceptors (Lipinski definition) is 4. The zero-order valence-corrected chi connectivity index (χ0v) is 20.6. The summed E-state index contributed by atoms with van der Waals surface area (Å²) >= 11 is 0. The Morgan fingerprint density at radius 3 is 2.49 bits per heavy atom. The summed E-state index contributed by atoms with van der Waals surface area (Å²) in [7, 11) is 0. The van der Waals surface area contributed by atoms with E-state index in [-0.39, 0.29) is 24.4 Å². The van der Waals surface area contributed by atoms with Gasteiger partial charge in [-0.15, -0.1) is 0 Å². The number of benzene rings is 1. The van der Waals surface area contributed by atoms with Crippen LogP contribution >= 0.6 is 0 Å². The van der Waals surface area contributed by atoms with E-state index < -0.39 is 5.54 Å². The molecule has 5 rings (SSSR count). The van der Waals surface area contributed by atoms with Crippen molar-refractivity contribution in [2.24, 2.45) is 0 Å². The lowest BCUT2D eigenvalue weighted by Gasteiger charge is -2.43. The Kier molecular flexibility index (Phi) is 6.50. The van der Waals surface area contributed by atoms with E-state index in [0.29, 0.717) is 17.1 Å². The highest BCUT2D eigenvalue weighted by molar-refractivity contribution is 6.12. The van der Waals surface area contributed by atoms with E-state index in [1.807, 2.05) is 37.3 Å². The monoisotopic (exact) mass is 474 g/mol. The van der Waals surface area contributed by atoms with Gasteiger partial charge in [-0.3, -0.25) is 19.2 Å². The lowest BCUT2D eigenvalue weighted by atomic mass is 9.91. The molecule has 1 fully saturated rings. The molecule has 1 atom stereocenters. The molecule has 7 heteroatoms. The molecule has 0 radical (unpaired) electrons. The molecule has 1 aliphatic carbocycles. The van der Waals surface area contributed by atoms with Crippen molar-refractivity contribution < 1.29 is 14.0 Å². The number of fused-ring (bicyclic) bond motifs is 1. The number of rotatable bonds is 5. The summed E-state index contributed by atoms with van der Waals surface area (Å²) in [5, 5.41) is 7.96. The Hall–Kier alpha value is -3.35. The molecule has 1 aromatic carbocycles. The number of hydrogen-bond donors (Lipinski definition) is 1. The molecular formula is C28H34N4O3. The molecule has 2 aliphatic rings. The molecule has 1 N–H and O–H groups in total. The number of carbonyl (C=O) groups is 2. The van der Waals surface area contributed by atoms with Crippen LogP contribution in [0.3, 0.4) is 0 Å². The van der Waals surface area contributed by atoms with Crippen LogP contribution in [0.1, 0.15) is 74.8 Å². The fourth-order valence-corrected chi connectivity index (χ4v) is 5.35. The van der Waals surface area contributed by atoms with E-state index in [9.17, 15) is 9.59 Å². The van der Waals surface area contributed by atoms with Crippen molar-refractivity contribution in [2.75, 3.05) is 4.90 Å². The summed E-state index contributed by atoms with van der Waals surface area (Å²) in [5.41, 5.74) is 1.82. The van der Waals surface area contributed by atoms with Crippen LogP contribution in [0.2, 0.25) is 0 Å². The normalized spacial score (nSPS) is 21.3. The average molecular weight is 475 g/mol. The molecule has 2 amide bonds. The molecule has 35 heavy (non-hydrogen) atoms. The number of nitrogens with one attached hydrogen (secondary N) is 1. The second-order valence-corrected chi connectivity index (χ2v) is 10.00. The van der Waals surface area contributed by atoms with Gasteiger partial charge in [0.1, 0.15) is 16.9 Å². The van der Waals surface area contributed by atoms with Gasteiger partial charge in [0.15, 0.2) is 5.76 Å². The molecule has 184 valence electrons. The maximum atomic E-state index is 13.9. The number of anilines is 1. The fraction of sp³-hybridized carbons (Fsp3) is 0.464. The molecule has 7 nitrogen and oxygen atoms in total. The summed E-state index contributed by atoms with van der Waals surface area (Å²) in [6.07, 6.45) is 10.4. The fourth-order valence-electron chi connectivity index (χ4n) is 5.35. The highest BCUT2D eigenvalue weighted by Gasteiger charge is 2.49. The van der Waals surface area contributed by atoms with Gasteiger partial charge in [-0.1, -0.05) is 51.2 Å². The summed E-state index contributed by atoms with van der Waals surface area (Å²) < 4.78 is 7.17. The molecule has 0 unspecified atom stereocenters. The van der Waals surface area contributed by atoms with Crippen LogP contribution in [0.5, 0.6) is 0 Å². The number of aryl methyl sites for hydroxylation is 1. The number of carbonyl (C=O) groups excluding carboxylic acids is 2. The molecule has 2 aromatic heterocycles. The standard InChI is InChI=1S/C28H34N4O3/c1-3-20-13-15-22(16-14-20)32-26(33)24-18-23(25-12-9-17-35-25)30-31(24)19-28(32,2)27(34)29-21-10-7-5-4-6-8-11-21/h9,12-18,21H,3-8,10-11,19H2,1-2H3,(H,29,34)/t28-/m1/s1. The van der Waals surface area contributed by atoms with Crippen molar-refractivity contribution in [1.29, 1.82) is 0 Å². The lowest BCUT2D eigenvalue weighted by molar-refractivity contribution is -0.127. The minimum atomic E-state index is -1.12. The van der Waals surface area contributed by atoms with Gasteiger partial charge in [-0.25, -0.2) is 0 Å². The maximum Gasteiger partial charge on any atom is 0.277 e. The van der Waals surface area contributed by atoms with Crippen LogP contribution in [-0.2, 0) is 17.8 Å². The zero-order chi connectivity index (χ0) is 24.4. The van der Waals surface area contributed by atoms with Gasteiger partial charge in [0.2, 0.25) is 5.91 Å². The van der Waals surface area contributed by atoms with Gasteiger partial charge < -0.3 is 9.73 Å². The first-order valence-electron chi connectivity index (χ1n) is 12.9. The first-order valence-corrected chi connectivity index (χ1v) is 12.9. The minimum absolute atomic E-state index is 0.128. The maximum absolute atomic E-state index is 13.9. The van der Waals surface area contributed by atoms with Gasteiger partial charge in [0.25, 0.3) is 5.91 Å². The zero-order valence-electron chi connectivity index (χ0n) is 20.6. The highest BCUT2D eigenvalue weighted by Crippen LogP contribution is 2.35. The molecule has 0 bridgehead atoms. The van der Waals surface area contributed by atoms with E-state index in [1.54, 1.807) is 28.0 Å². The van der Waals surface area contributed by atoms with Crippen LogP contribution < -0.4 is 10.2 Å². The Bertz CT molecular complexity index is 1170. The smallest absolute Gasteiger partial charge is 0.277 e. The Labute approximate surface area is 206 Å².